The van der Waals surface area contributed by atoms with Crippen molar-refractivity contribution in [2.45, 2.75) is 13.8 Å². The van der Waals surface area contributed by atoms with Crippen LogP contribution in [0.1, 0.15) is 11.9 Å². The van der Waals surface area contributed by atoms with E-state index in [0.717, 1.165) is 33.1 Å². The number of thiazole rings is 1. The summed E-state index contributed by atoms with van der Waals surface area (Å²) in [6.45, 7) is 4.93. The fourth-order valence-corrected chi connectivity index (χ4v) is 2.31. The van der Waals surface area contributed by atoms with E-state index in [9.17, 15) is 0 Å². The molecule has 0 amide bonds. The molecule has 1 heterocycles. The van der Waals surface area contributed by atoms with Gasteiger partial charge in [-0.15, -0.1) is 11.3 Å². The summed E-state index contributed by atoms with van der Waals surface area (Å²) in [7, 11) is 0. The van der Waals surface area contributed by atoms with Crippen LogP contribution in [0.15, 0.2) is 12.1 Å². The molecule has 0 bridgehead atoms. The second kappa shape index (κ2) is 3.46. The molecule has 0 aliphatic rings. The fraction of sp³-hybridized carbons (Fsp3) is 0.300. The first-order chi connectivity index (χ1) is 6.70. The van der Waals surface area contributed by atoms with Crippen LogP contribution in [0, 0.1) is 6.92 Å². The lowest BCUT2D eigenvalue weighted by atomic mass is 10.2. The van der Waals surface area contributed by atoms with E-state index >= 15 is 0 Å². The maximum atomic E-state index is 5.90. The van der Waals surface area contributed by atoms with Crippen molar-refractivity contribution in [3.63, 3.8) is 0 Å². The largest absolute Gasteiger partial charge is 0.397 e. The molecule has 3 nitrogen and oxygen atoms in total. The Bertz CT molecular complexity index is 462. The number of benzene rings is 1. The smallest absolute Gasteiger partial charge is 0.0907 e. The van der Waals surface area contributed by atoms with Gasteiger partial charge in [0.15, 0.2) is 0 Å². The van der Waals surface area contributed by atoms with Crippen molar-refractivity contribution < 1.29 is 0 Å². The highest BCUT2D eigenvalue weighted by Crippen LogP contribution is 2.29. The van der Waals surface area contributed by atoms with Crippen molar-refractivity contribution in [3.8, 4) is 0 Å². The van der Waals surface area contributed by atoms with Crippen molar-refractivity contribution in [1.82, 2.24) is 4.98 Å². The molecule has 4 heteroatoms. The number of nitrogens with zero attached hydrogens (tertiary/aromatic N) is 1. The van der Waals surface area contributed by atoms with Gasteiger partial charge in [-0.3, -0.25) is 0 Å². The lowest BCUT2D eigenvalue weighted by Crippen LogP contribution is -2.00. The SMILES string of the molecule is CCNc1cc2nc(C)sc2cc1N. The summed E-state index contributed by atoms with van der Waals surface area (Å²) in [6.07, 6.45) is 0. The predicted octanol–water partition coefficient (Wildman–Crippen LogP) is 2.62. The van der Waals surface area contributed by atoms with E-state index in [1.807, 2.05) is 19.1 Å². The molecule has 2 rings (SSSR count). The van der Waals surface area contributed by atoms with Crippen LogP contribution < -0.4 is 11.1 Å². The second-order valence-corrected chi connectivity index (χ2v) is 4.41. The van der Waals surface area contributed by atoms with Crippen molar-refractivity contribution >= 4 is 32.9 Å². The maximum Gasteiger partial charge on any atom is 0.0907 e. The standard InChI is InChI=1S/C10H13N3S/c1-3-12-8-5-9-10(4-7(8)11)14-6(2)13-9/h4-5,12H,3,11H2,1-2H3. The van der Waals surface area contributed by atoms with Crippen LogP contribution >= 0.6 is 11.3 Å². The zero-order valence-electron chi connectivity index (χ0n) is 8.29. The van der Waals surface area contributed by atoms with Crippen molar-refractivity contribution in [1.29, 1.82) is 0 Å². The van der Waals surface area contributed by atoms with Gasteiger partial charge in [0.1, 0.15) is 0 Å². The summed E-state index contributed by atoms with van der Waals surface area (Å²) >= 11 is 1.67. The third-order valence-electron chi connectivity index (χ3n) is 2.03. The normalized spacial score (nSPS) is 10.7. The number of fused-ring (bicyclic) bond motifs is 1. The Morgan fingerprint density at radius 1 is 1.50 bits per heavy atom. The molecule has 0 unspecified atom stereocenters. The van der Waals surface area contributed by atoms with Gasteiger partial charge in [-0.2, -0.15) is 0 Å². The molecule has 1 aromatic carbocycles. The molecule has 3 N–H and O–H groups in total. The Hall–Kier alpha value is -1.29. The van der Waals surface area contributed by atoms with Crippen molar-refractivity contribution in [2.75, 3.05) is 17.6 Å². The Balaban J connectivity index is 2.58. The van der Waals surface area contributed by atoms with E-state index in [0.29, 0.717) is 0 Å². The monoisotopic (exact) mass is 207 g/mol. The van der Waals surface area contributed by atoms with E-state index in [-0.39, 0.29) is 0 Å². The van der Waals surface area contributed by atoms with Crippen LogP contribution in [0.4, 0.5) is 11.4 Å². The summed E-state index contributed by atoms with van der Waals surface area (Å²) in [5, 5.41) is 4.29. The molecule has 0 atom stereocenters. The van der Waals surface area contributed by atoms with Crippen LogP contribution in [0.2, 0.25) is 0 Å². The summed E-state index contributed by atoms with van der Waals surface area (Å²) in [4.78, 5) is 4.42. The number of rotatable bonds is 2. The molecule has 0 spiro atoms. The summed E-state index contributed by atoms with van der Waals surface area (Å²) in [5.74, 6) is 0. The Morgan fingerprint density at radius 3 is 3.00 bits per heavy atom. The molecule has 0 aliphatic heterocycles. The van der Waals surface area contributed by atoms with Gasteiger partial charge in [-0.25, -0.2) is 4.98 Å². The molecule has 0 radical (unpaired) electrons. The van der Waals surface area contributed by atoms with Gasteiger partial charge in [0.25, 0.3) is 0 Å². The van der Waals surface area contributed by atoms with E-state index in [2.05, 4.69) is 17.2 Å². The molecule has 14 heavy (non-hydrogen) atoms. The average Bonchev–Trinajstić information content (AvgIpc) is 2.45. The quantitative estimate of drug-likeness (QED) is 0.744. The van der Waals surface area contributed by atoms with Gasteiger partial charge < -0.3 is 11.1 Å². The van der Waals surface area contributed by atoms with Crippen LogP contribution in [0.5, 0.6) is 0 Å². The minimum Gasteiger partial charge on any atom is -0.397 e. The Morgan fingerprint density at radius 2 is 2.29 bits per heavy atom. The third-order valence-corrected chi connectivity index (χ3v) is 2.97. The summed E-state index contributed by atoms with van der Waals surface area (Å²) < 4.78 is 1.15. The minimum absolute atomic E-state index is 0.794. The number of hydrogen-bond donors (Lipinski definition) is 2. The molecule has 2 aromatic rings. The predicted molar refractivity (Wildman–Crippen MR) is 62.9 cm³/mol. The van der Waals surface area contributed by atoms with E-state index in [1.165, 1.54) is 0 Å². The molecule has 1 aromatic heterocycles. The first-order valence-corrected chi connectivity index (χ1v) is 5.43. The van der Waals surface area contributed by atoms with Crippen LogP contribution in [-0.4, -0.2) is 11.5 Å². The van der Waals surface area contributed by atoms with Gasteiger partial charge in [-0.05, 0) is 26.0 Å². The van der Waals surface area contributed by atoms with Gasteiger partial charge in [-0.1, -0.05) is 0 Å². The van der Waals surface area contributed by atoms with E-state index < -0.39 is 0 Å². The number of nitrogen functional groups attached to an aromatic ring is 1. The zero-order chi connectivity index (χ0) is 10.1. The molecular formula is C10H13N3S. The second-order valence-electron chi connectivity index (χ2n) is 3.17. The van der Waals surface area contributed by atoms with Crippen molar-refractivity contribution in [3.05, 3.63) is 17.1 Å². The average molecular weight is 207 g/mol. The highest BCUT2D eigenvalue weighted by molar-refractivity contribution is 7.18. The van der Waals surface area contributed by atoms with Crippen molar-refractivity contribution in [2.24, 2.45) is 0 Å². The minimum atomic E-state index is 0.794. The van der Waals surface area contributed by atoms with Gasteiger partial charge in [0.05, 0.1) is 26.6 Å². The number of nitrogens with two attached hydrogens (primary N) is 1. The molecule has 0 saturated carbocycles. The van der Waals surface area contributed by atoms with Gasteiger partial charge in [0.2, 0.25) is 0 Å². The maximum absolute atomic E-state index is 5.90. The number of nitrogens with one attached hydrogen (secondary N) is 1. The highest BCUT2D eigenvalue weighted by Gasteiger charge is 2.04. The summed E-state index contributed by atoms with van der Waals surface area (Å²) in [6, 6.07) is 4.00. The first-order valence-electron chi connectivity index (χ1n) is 4.61. The van der Waals surface area contributed by atoms with Crippen LogP contribution in [-0.2, 0) is 0 Å². The molecule has 0 saturated heterocycles. The van der Waals surface area contributed by atoms with E-state index in [4.69, 9.17) is 5.73 Å². The molecular weight excluding hydrogens is 194 g/mol. The topological polar surface area (TPSA) is 50.9 Å². The summed E-state index contributed by atoms with van der Waals surface area (Å²) in [5.41, 5.74) is 8.70. The zero-order valence-corrected chi connectivity index (χ0v) is 9.11. The van der Waals surface area contributed by atoms with Crippen LogP contribution in [0.25, 0.3) is 10.2 Å². The number of hydrogen-bond acceptors (Lipinski definition) is 4. The fourth-order valence-electron chi connectivity index (χ4n) is 1.45. The number of anilines is 2. The highest BCUT2D eigenvalue weighted by atomic mass is 32.1. The molecule has 0 aliphatic carbocycles. The van der Waals surface area contributed by atoms with Gasteiger partial charge >= 0.3 is 0 Å². The Kier molecular flexibility index (Phi) is 2.29. The Labute approximate surface area is 87.0 Å². The van der Waals surface area contributed by atoms with Gasteiger partial charge in [0, 0.05) is 6.54 Å². The lowest BCUT2D eigenvalue weighted by Gasteiger charge is -2.06. The van der Waals surface area contributed by atoms with Crippen LogP contribution in [0.3, 0.4) is 0 Å². The van der Waals surface area contributed by atoms with E-state index in [1.54, 1.807) is 11.3 Å². The molecule has 74 valence electrons. The number of aryl methyl sites for hydroxylation is 1. The molecule has 0 fully saturated rings. The third kappa shape index (κ3) is 1.53. The number of aromatic nitrogens is 1. The first kappa shape index (κ1) is 9.27. The lowest BCUT2D eigenvalue weighted by molar-refractivity contribution is 1.21.